The normalized spacial score (nSPS) is 14.9. The first-order chi connectivity index (χ1) is 11.4. The average Bonchev–Trinajstić information content (AvgIpc) is 2.63. The van der Waals surface area contributed by atoms with Gasteiger partial charge in [0.15, 0.2) is 0 Å². The smallest absolute Gasteiger partial charge is 0.232 e. The molecule has 0 unspecified atom stereocenters. The van der Waals surface area contributed by atoms with Gasteiger partial charge in [-0.15, -0.1) is 0 Å². The number of morpholine rings is 1. The molecule has 6 nitrogen and oxygen atoms in total. The second-order valence-electron chi connectivity index (χ2n) is 5.36. The molecule has 1 aromatic heterocycles. The molecule has 3 aromatic rings. The Morgan fingerprint density at radius 3 is 2.70 bits per heavy atom. The van der Waals surface area contributed by atoms with Gasteiger partial charge in [0, 0.05) is 24.2 Å². The van der Waals surface area contributed by atoms with E-state index in [-0.39, 0.29) is 0 Å². The maximum Gasteiger partial charge on any atom is 0.232 e. The number of aromatic nitrogens is 3. The van der Waals surface area contributed by atoms with Crippen LogP contribution in [0.5, 0.6) is 0 Å². The number of benzene rings is 2. The second-order valence-corrected chi connectivity index (χ2v) is 5.36. The molecule has 0 radical (unpaired) electrons. The lowest BCUT2D eigenvalue weighted by Crippen LogP contribution is -2.37. The predicted molar refractivity (Wildman–Crippen MR) is 90.1 cm³/mol. The van der Waals surface area contributed by atoms with Gasteiger partial charge in [-0.1, -0.05) is 36.4 Å². The molecule has 0 bridgehead atoms. The topological polar surface area (TPSA) is 63.2 Å². The molecular weight excluding hydrogens is 290 g/mol. The third-order valence-corrected chi connectivity index (χ3v) is 3.89. The van der Waals surface area contributed by atoms with Gasteiger partial charge in [-0.05, 0) is 11.5 Å². The molecule has 0 spiro atoms. The molecule has 1 aliphatic rings. The molecule has 1 aliphatic heterocycles. The lowest BCUT2D eigenvalue weighted by Gasteiger charge is -2.26. The minimum Gasteiger partial charge on any atom is -0.378 e. The summed E-state index contributed by atoms with van der Waals surface area (Å²) in [5.74, 6) is 1.24. The Bertz CT molecular complexity index is 811. The van der Waals surface area contributed by atoms with Crippen LogP contribution in [0.4, 0.5) is 17.6 Å². The summed E-state index contributed by atoms with van der Waals surface area (Å²) in [7, 11) is 0. The zero-order valence-corrected chi connectivity index (χ0v) is 12.6. The number of fused-ring (bicyclic) bond motifs is 1. The van der Waals surface area contributed by atoms with Gasteiger partial charge in [0.25, 0.3) is 0 Å². The van der Waals surface area contributed by atoms with Crippen molar-refractivity contribution >= 4 is 28.4 Å². The molecule has 6 heteroatoms. The maximum absolute atomic E-state index is 5.37. The van der Waals surface area contributed by atoms with Crippen LogP contribution in [0.15, 0.2) is 48.8 Å². The third-order valence-electron chi connectivity index (χ3n) is 3.89. The van der Waals surface area contributed by atoms with Crippen molar-refractivity contribution in [2.24, 2.45) is 0 Å². The number of nitrogens with one attached hydrogen (secondary N) is 1. The first kappa shape index (κ1) is 13.9. The molecule has 1 fully saturated rings. The quantitative estimate of drug-likeness (QED) is 0.802. The molecule has 0 aliphatic carbocycles. The molecule has 4 rings (SSSR count). The molecule has 0 atom stereocenters. The highest BCUT2D eigenvalue weighted by Gasteiger charge is 2.14. The van der Waals surface area contributed by atoms with Gasteiger partial charge < -0.3 is 15.0 Å². The molecule has 1 N–H and O–H groups in total. The van der Waals surface area contributed by atoms with E-state index >= 15 is 0 Å². The SMILES string of the molecule is c1ccc2c(Nc3ncnc(N4CCOCC4)n3)cccc2c1. The lowest BCUT2D eigenvalue weighted by atomic mass is 10.1. The Hall–Kier alpha value is -2.73. The fourth-order valence-electron chi connectivity index (χ4n) is 2.72. The summed E-state index contributed by atoms with van der Waals surface area (Å²) in [5.41, 5.74) is 0.988. The average molecular weight is 307 g/mol. The molecule has 23 heavy (non-hydrogen) atoms. The Morgan fingerprint density at radius 2 is 1.78 bits per heavy atom. The minimum atomic E-state index is 0.554. The predicted octanol–water partition coefficient (Wildman–Crippen LogP) is 2.61. The summed E-state index contributed by atoms with van der Waals surface area (Å²) in [6.45, 7) is 3.02. The van der Waals surface area contributed by atoms with E-state index < -0.39 is 0 Å². The first-order valence-corrected chi connectivity index (χ1v) is 7.67. The molecule has 2 aromatic carbocycles. The third kappa shape index (κ3) is 2.93. The van der Waals surface area contributed by atoms with Crippen LogP contribution in [0, 0.1) is 0 Å². The van der Waals surface area contributed by atoms with E-state index in [9.17, 15) is 0 Å². The molecule has 2 heterocycles. The van der Waals surface area contributed by atoms with Crippen LogP contribution >= 0.6 is 0 Å². The number of hydrogen-bond acceptors (Lipinski definition) is 6. The molecule has 0 amide bonds. The zero-order valence-electron chi connectivity index (χ0n) is 12.6. The van der Waals surface area contributed by atoms with Gasteiger partial charge in [-0.3, -0.25) is 0 Å². The number of rotatable bonds is 3. The Kier molecular flexibility index (Phi) is 3.73. The van der Waals surface area contributed by atoms with E-state index in [1.807, 2.05) is 24.3 Å². The van der Waals surface area contributed by atoms with Crippen molar-refractivity contribution in [3.63, 3.8) is 0 Å². The summed E-state index contributed by atoms with van der Waals surface area (Å²) in [6.07, 6.45) is 1.55. The van der Waals surface area contributed by atoms with Crippen molar-refractivity contribution in [2.75, 3.05) is 36.5 Å². The van der Waals surface area contributed by atoms with E-state index in [1.54, 1.807) is 6.33 Å². The van der Waals surface area contributed by atoms with E-state index in [4.69, 9.17) is 4.74 Å². The Balaban J connectivity index is 1.63. The monoisotopic (exact) mass is 307 g/mol. The van der Waals surface area contributed by atoms with Gasteiger partial charge in [0.1, 0.15) is 6.33 Å². The summed E-state index contributed by atoms with van der Waals surface area (Å²) < 4.78 is 5.37. The van der Waals surface area contributed by atoms with Crippen molar-refractivity contribution in [3.05, 3.63) is 48.8 Å². The molecular formula is C17H17N5O. The van der Waals surface area contributed by atoms with Crippen LogP contribution in [-0.4, -0.2) is 41.3 Å². The fraction of sp³-hybridized carbons (Fsp3) is 0.235. The highest BCUT2D eigenvalue weighted by molar-refractivity contribution is 5.94. The Morgan fingerprint density at radius 1 is 0.957 bits per heavy atom. The first-order valence-electron chi connectivity index (χ1n) is 7.67. The van der Waals surface area contributed by atoms with Crippen LogP contribution in [0.25, 0.3) is 10.8 Å². The summed E-state index contributed by atoms with van der Waals surface area (Å²) in [5, 5.41) is 5.63. The van der Waals surface area contributed by atoms with Crippen molar-refractivity contribution < 1.29 is 4.74 Å². The van der Waals surface area contributed by atoms with Crippen molar-refractivity contribution in [1.29, 1.82) is 0 Å². The fourth-order valence-corrected chi connectivity index (χ4v) is 2.72. The zero-order chi connectivity index (χ0) is 15.5. The van der Waals surface area contributed by atoms with Gasteiger partial charge in [-0.25, -0.2) is 9.97 Å². The standard InChI is InChI=1S/C17H17N5O/c1-2-6-14-13(4-1)5-3-7-15(14)20-16-18-12-19-17(21-16)22-8-10-23-11-9-22/h1-7,12H,8-11H2,(H,18,19,20,21). The maximum atomic E-state index is 5.37. The van der Waals surface area contributed by atoms with E-state index in [0.29, 0.717) is 25.1 Å². The summed E-state index contributed by atoms with van der Waals surface area (Å²) >= 11 is 0. The van der Waals surface area contributed by atoms with Crippen molar-refractivity contribution in [2.45, 2.75) is 0 Å². The summed E-state index contributed by atoms with van der Waals surface area (Å²) in [6, 6.07) is 14.4. The number of hydrogen-bond donors (Lipinski definition) is 1. The summed E-state index contributed by atoms with van der Waals surface area (Å²) in [4.78, 5) is 15.2. The van der Waals surface area contributed by atoms with Crippen molar-refractivity contribution in [3.8, 4) is 0 Å². The van der Waals surface area contributed by atoms with Crippen LogP contribution in [-0.2, 0) is 4.74 Å². The van der Waals surface area contributed by atoms with Crippen LogP contribution in [0.3, 0.4) is 0 Å². The number of anilines is 3. The van der Waals surface area contributed by atoms with E-state index in [1.165, 1.54) is 5.39 Å². The van der Waals surface area contributed by atoms with Gasteiger partial charge in [0.2, 0.25) is 11.9 Å². The van der Waals surface area contributed by atoms with Crippen LogP contribution in [0.2, 0.25) is 0 Å². The molecule has 0 saturated carbocycles. The highest BCUT2D eigenvalue weighted by atomic mass is 16.5. The largest absolute Gasteiger partial charge is 0.378 e. The van der Waals surface area contributed by atoms with Crippen LogP contribution in [0.1, 0.15) is 0 Å². The van der Waals surface area contributed by atoms with Gasteiger partial charge in [-0.2, -0.15) is 4.98 Å². The van der Waals surface area contributed by atoms with Crippen LogP contribution < -0.4 is 10.2 Å². The highest BCUT2D eigenvalue weighted by Crippen LogP contribution is 2.25. The number of ether oxygens (including phenoxy) is 1. The number of nitrogens with zero attached hydrogens (tertiary/aromatic N) is 4. The molecule has 1 saturated heterocycles. The molecule has 116 valence electrons. The van der Waals surface area contributed by atoms with Gasteiger partial charge in [0.05, 0.1) is 13.2 Å². The van der Waals surface area contributed by atoms with E-state index in [0.717, 1.165) is 24.2 Å². The minimum absolute atomic E-state index is 0.554. The van der Waals surface area contributed by atoms with E-state index in [2.05, 4.69) is 43.4 Å². The Labute approximate surface area is 134 Å². The lowest BCUT2D eigenvalue weighted by molar-refractivity contribution is 0.122. The van der Waals surface area contributed by atoms with Gasteiger partial charge >= 0.3 is 0 Å². The second kappa shape index (κ2) is 6.18. The van der Waals surface area contributed by atoms with Crippen molar-refractivity contribution in [1.82, 2.24) is 15.0 Å².